The molecule has 3 aliphatic rings. The third-order valence-corrected chi connectivity index (χ3v) is 9.08. The van der Waals surface area contributed by atoms with Gasteiger partial charge in [-0.15, -0.1) is 0 Å². The fraction of sp³-hybridized carbons (Fsp3) is 0.516. The standard InChI is InChI=1S/C31H40N2O4/c1-32(29(35)13-12-23-6-4-8-27(34)18-23)26-14-15-31(37-3)22-33(21-24-10-11-24)17-16-30(31,20-26)25-7-5-9-28(19-25)36-2/h4-9,12-13,18-19,24,26,34H,10-11,14-17,20-22H2,1-3H3/t26-,30-,31-/m0/s1. The quantitative estimate of drug-likeness (QED) is 0.520. The Kier molecular flexibility index (Phi) is 7.32. The van der Waals surface area contributed by atoms with Gasteiger partial charge in [0.05, 0.1) is 12.7 Å². The number of amides is 1. The summed E-state index contributed by atoms with van der Waals surface area (Å²) in [6, 6.07) is 15.5. The van der Waals surface area contributed by atoms with E-state index in [0.717, 1.165) is 56.0 Å². The highest BCUT2D eigenvalue weighted by Gasteiger charge is 2.59. The number of methoxy groups -OCH3 is 2. The molecule has 0 radical (unpaired) electrons. The average molecular weight is 505 g/mol. The van der Waals surface area contributed by atoms with Crippen molar-refractivity contribution in [2.24, 2.45) is 5.92 Å². The highest BCUT2D eigenvalue weighted by atomic mass is 16.5. The molecule has 3 fully saturated rings. The van der Waals surface area contributed by atoms with Gasteiger partial charge in [0, 0.05) is 44.8 Å². The van der Waals surface area contributed by atoms with E-state index in [1.54, 1.807) is 37.5 Å². The van der Waals surface area contributed by atoms with Gasteiger partial charge in [0.1, 0.15) is 11.5 Å². The highest BCUT2D eigenvalue weighted by Crippen LogP contribution is 2.54. The Bertz CT molecular complexity index is 1150. The van der Waals surface area contributed by atoms with Crippen LogP contribution in [0, 0.1) is 5.92 Å². The van der Waals surface area contributed by atoms with Crippen LogP contribution >= 0.6 is 0 Å². The zero-order valence-electron chi connectivity index (χ0n) is 22.4. The van der Waals surface area contributed by atoms with Crippen molar-refractivity contribution in [1.29, 1.82) is 0 Å². The van der Waals surface area contributed by atoms with Gasteiger partial charge in [0.15, 0.2) is 0 Å². The van der Waals surface area contributed by atoms with Crippen LogP contribution in [0.25, 0.3) is 6.08 Å². The normalized spacial score (nSPS) is 28.1. The van der Waals surface area contributed by atoms with Crippen molar-refractivity contribution in [2.45, 2.75) is 55.6 Å². The van der Waals surface area contributed by atoms with Crippen LogP contribution in [0.1, 0.15) is 49.7 Å². The monoisotopic (exact) mass is 504 g/mol. The van der Waals surface area contributed by atoms with Gasteiger partial charge in [-0.25, -0.2) is 0 Å². The molecule has 2 aliphatic carbocycles. The van der Waals surface area contributed by atoms with E-state index in [0.29, 0.717) is 0 Å². The van der Waals surface area contributed by atoms with Crippen molar-refractivity contribution < 1.29 is 19.4 Å². The molecule has 6 heteroatoms. The van der Waals surface area contributed by atoms with Crippen LogP contribution in [0.3, 0.4) is 0 Å². The van der Waals surface area contributed by atoms with E-state index in [1.807, 2.05) is 31.2 Å². The first-order valence-corrected chi connectivity index (χ1v) is 13.5. The molecule has 198 valence electrons. The maximum absolute atomic E-state index is 13.2. The molecule has 2 aromatic carbocycles. The lowest BCUT2D eigenvalue weighted by atomic mass is 9.55. The fourth-order valence-corrected chi connectivity index (χ4v) is 6.73. The first-order valence-electron chi connectivity index (χ1n) is 13.5. The number of fused-ring (bicyclic) bond motifs is 1. The molecule has 3 atom stereocenters. The number of likely N-dealkylation sites (N-methyl/N-ethyl adjacent to an activating group) is 1. The highest BCUT2D eigenvalue weighted by molar-refractivity contribution is 5.91. The summed E-state index contributed by atoms with van der Waals surface area (Å²) in [6.45, 7) is 3.14. The smallest absolute Gasteiger partial charge is 0.246 e. The van der Waals surface area contributed by atoms with Gasteiger partial charge < -0.3 is 24.4 Å². The zero-order valence-corrected chi connectivity index (χ0v) is 22.4. The number of likely N-dealkylation sites (tertiary alicyclic amines) is 1. The SMILES string of the molecule is COc1cccc([C@@]23CCN(CC4CC4)C[C@@]2(OC)CC[C@H](N(C)C(=O)C=Cc2cccc(O)c2)C3)c1. The predicted molar refractivity (Wildman–Crippen MR) is 146 cm³/mol. The molecule has 1 saturated heterocycles. The number of hydrogen-bond acceptors (Lipinski definition) is 5. The lowest BCUT2D eigenvalue weighted by Gasteiger charge is -2.60. The van der Waals surface area contributed by atoms with E-state index >= 15 is 0 Å². The third-order valence-electron chi connectivity index (χ3n) is 9.08. The molecule has 1 N–H and O–H groups in total. The maximum atomic E-state index is 13.2. The van der Waals surface area contributed by atoms with Gasteiger partial charge in [-0.05, 0) is 92.5 Å². The van der Waals surface area contributed by atoms with Crippen molar-refractivity contribution in [3.05, 3.63) is 65.7 Å². The molecule has 0 aromatic heterocycles. The number of carbonyl (C=O) groups excluding carboxylic acids is 1. The predicted octanol–water partition coefficient (Wildman–Crippen LogP) is 4.86. The van der Waals surface area contributed by atoms with Crippen molar-refractivity contribution in [3.8, 4) is 11.5 Å². The Hall–Kier alpha value is -2.83. The van der Waals surface area contributed by atoms with Gasteiger partial charge in [0.25, 0.3) is 0 Å². The van der Waals surface area contributed by atoms with Crippen LogP contribution in [0.5, 0.6) is 11.5 Å². The molecule has 1 heterocycles. The largest absolute Gasteiger partial charge is 0.508 e. The van der Waals surface area contributed by atoms with Crippen molar-refractivity contribution in [2.75, 3.05) is 40.9 Å². The van der Waals surface area contributed by atoms with Gasteiger partial charge >= 0.3 is 0 Å². The molecule has 5 rings (SSSR count). The van der Waals surface area contributed by atoms with Gasteiger partial charge in [-0.3, -0.25) is 4.79 Å². The zero-order chi connectivity index (χ0) is 26.0. The van der Waals surface area contributed by atoms with E-state index in [1.165, 1.54) is 24.9 Å². The molecule has 2 saturated carbocycles. The second kappa shape index (κ2) is 10.5. The number of carbonyl (C=O) groups is 1. The number of nitrogens with zero attached hydrogens (tertiary/aromatic N) is 2. The summed E-state index contributed by atoms with van der Waals surface area (Å²) in [7, 11) is 5.51. The summed E-state index contributed by atoms with van der Waals surface area (Å²) in [5.74, 6) is 1.87. The molecular weight excluding hydrogens is 464 g/mol. The minimum atomic E-state index is -0.301. The van der Waals surface area contributed by atoms with Crippen LogP contribution in [0.15, 0.2) is 54.6 Å². The first-order chi connectivity index (χ1) is 17.9. The summed E-state index contributed by atoms with van der Waals surface area (Å²) >= 11 is 0. The summed E-state index contributed by atoms with van der Waals surface area (Å²) < 4.78 is 12.2. The molecule has 1 aliphatic heterocycles. The number of aromatic hydroxyl groups is 1. The van der Waals surface area contributed by atoms with Gasteiger partial charge in [0.2, 0.25) is 5.91 Å². The molecule has 6 nitrogen and oxygen atoms in total. The average Bonchev–Trinajstić information content (AvgIpc) is 3.75. The van der Waals surface area contributed by atoms with Crippen LogP contribution in [0.2, 0.25) is 0 Å². The Morgan fingerprint density at radius 1 is 1.14 bits per heavy atom. The number of rotatable bonds is 8. The second-order valence-corrected chi connectivity index (χ2v) is 11.2. The number of piperidine rings is 1. The van der Waals surface area contributed by atoms with Crippen molar-refractivity contribution >= 4 is 12.0 Å². The van der Waals surface area contributed by atoms with E-state index in [-0.39, 0.29) is 28.7 Å². The van der Waals surface area contributed by atoms with E-state index in [9.17, 15) is 9.90 Å². The molecule has 1 amide bonds. The van der Waals surface area contributed by atoms with Gasteiger partial charge in [-0.2, -0.15) is 0 Å². The number of hydrogen-bond donors (Lipinski definition) is 1. The second-order valence-electron chi connectivity index (χ2n) is 11.2. The van der Waals surface area contributed by atoms with Gasteiger partial charge in [-0.1, -0.05) is 24.3 Å². The van der Waals surface area contributed by atoms with Crippen molar-refractivity contribution in [1.82, 2.24) is 9.80 Å². The van der Waals surface area contributed by atoms with Crippen molar-refractivity contribution in [3.63, 3.8) is 0 Å². The molecule has 0 spiro atoms. The van der Waals surface area contributed by atoms with Crippen LogP contribution < -0.4 is 4.74 Å². The van der Waals surface area contributed by atoms with Crippen LogP contribution in [-0.4, -0.2) is 73.4 Å². The van der Waals surface area contributed by atoms with Crippen LogP contribution in [-0.2, 0) is 14.9 Å². The molecule has 0 bridgehead atoms. The Balaban J connectivity index is 1.42. The summed E-state index contributed by atoms with van der Waals surface area (Å²) in [4.78, 5) is 17.8. The topological polar surface area (TPSA) is 62.2 Å². The lowest BCUT2D eigenvalue weighted by Crippen LogP contribution is -2.68. The minimum Gasteiger partial charge on any atom is -0.508 e. The number of benzene rings is 2. The number of phenols is 1. The van der Waals surface area contributed by atoms with E-state index in [2.05, 4.69) is 23.1 Å². The molecule has 37 heavy (non-hydrogen) atoms. The maximum Gasteiger partial charge on any atom is 0.246 e. The third kappa shape index (κ3) is 5.14. The number of phenolic OH excluding ortho intramolecular Hbond substituents is 1. The summed E-state index contributed by atoms with van der Waals surface area (Å²) in [5.41, 5.74) is 1.55. The molecule has 2 aromatic rings. The summed E-state index contributed by atoms with van der Waals surface area (Å²) in [6.07, 6.45) is 9.75. The molecule has 0 unspecified atom stereocenters. The Labute approximate surface area is 220 Å². The Morgan fingerprint density at radius 3 is 2.68 bits per heavy atom. The summed E-state index contributed by atoms with van der Waals surface area (Å²) in [5, 5.41) is 9.74. The lowest BCUT2D eigenvalue weighted by molar-refractivity contribution is -0.159. The first kappa shape index (κ1) is 25.8. The minimum absolute atomic E-state index is 0.0229. The number of ether oxygens (including phenoxy) is 2. The molecular formula is C31H40N2O4. The Morgan fingerprint density at radius 2 is 1.95 bits per heavy atom. The van der Waals surface area contributed by atoms with E-state index in [4.69, 9.17) is 9.47 Å². The van der Waals surface area contributed by atoms with E-state index < -0.39 is 0 Å². The fourth-order valence-electron chi connectivity index (χ4n) is 6.73. The van der Waals surface area contributed by atoms with Crippen LogP contribution in [0.4, 0.5) is 0 Å².